The van der Waals surface area contributed by atoms with E-state index in [9.17, 15) is 9.90 Å². The molecule has 1 amide bonds. The minimum atomic E-state index is -0.284. The number of rotatable bonds is 4. The number of methoxy groups -OCH3 is 1. The average molecular weight is 356 g/mol. The molecule has 2 fully saturated rings. The maximum absolute atomic E-state index is 12.4. The summed E-state index contributed by atoms with van der Waals surface area (Å²) in [6.07, 6.45) is 2.22. The quantitative estimate of drug-likeness (QED) is 0.844. The van der Waals surface area contributed by atoms with Crippen molar-refractivity contribution in [3.63, 3.8) is 0 Å². The first-order valence-corrected chi connectivity index (χ1v) is 9.28. The summed E-state index contributed by atoms with van der Waals surface area (Å²) >= 11 is 7.39. The van der Waals surface area contributed by atoms with Gasteiger partial charge in [-0.3, -0.25) is 4.79 Å². The van der Waals surface area contributed by atoms with Crippen molar-refractivity contribution in [3.8, 4) is 0 Å². The largest absolute Gasteiger partial charge is 0.392 e. The third kappa shape index (κ3) is 3.38. The van der Waals surface area contributed by atoms with Crippen LogP contribution < -0.4 is 0 Å². The number of aliphatic hydroxyl groups excluding tert-OH is 1. The molecule has 1 saturated heterocycles. The lowest BCUT2D eigenvalue weighted by Gasteiger charge is -2.56. The number of piperidine rings is 1. The third-order valence-electron chi connectivity index (χ3n) is 5.25. The second-order valence-corrected chi connectivity index (χ2v) is 7.82. The van der Waals surface area contributed by atoms with Gasteiger partial charge in [0.05, 0.1) is 18.0 Å². The van der Waals surface area contributed by atoms with Crippen molar-refractivity contribution in [1.82, 2.24) is 4.90 Å². The number of carbonyl (C=O) groups is 1. The van der Waals surface area contributed by atoms with E-state index in [-0.39, 0.29) is 23.5 Å². The Morgan fingerprint density at radius 3 is 2.61 bits per heavy atom. The molecular formula is C17H22ClNO3S. The van der Waals surface area contributed by atoms with E-state index >= 15 is 0 Å². The predicted molar refractivity (Wildman–Crippen MR) is 91.8 cm³/mol. The van der Waals surface area contributed by atoms with Gasteiger partial charge in [-0.2, -0.15) is 0 Å². The fourth-order valence-electron chi connectivity index (χ4n) is 3.65. The summed E-state index contributed by atoms with van der Waals surface area (Å²) < 4.78 is 5.48. The molecule has 1 N–H and O–H groups in total. The zero-order chi connectivity index (χ0) is 16.4. The summed E-state index contributed by atoms with van der Waals surface area (Å²) in [5.41, 5.74) is -0.130. The van der Waals surface area contributed by atoms with Gasteiger partial charge in [0.1, 0.15) is 0 Å². The van der Waals surface area contributed by atoms with Gasteiger partial charge in [0, 0.05) is 42.0 Å². The fourth-order valence-corrected chi connectivity index (χ4v) is 4.58. The Morgan fingerprint density at radius 2 is 2.04 bits per heavy atom. The van der Waals surface area contributed by atoms with E-state index in [0.717, 1.165) is 24.2 Å². The van der Waals surface area contributed by atoms with Crippen LogP contribution in [0, 0.1) is 5.41 Å². The third-order valence-corrected chi connectivity index (χ3v) is 6.50. The molecule has 1 saturated carbocycles. The molecule has 6 heteroatoms. The number of halogens is 1. The van der Waals surface area contributed by atoms with E-state index < -0.39 is 0 Å². The number of ether oxygens (including phenoxy) is 1. The molecule has 0 radical (unpaired) electrons. The standard InChI is InChI=1S/C17H22ClNO3S/c1-22-15-10-14(20)17(15)6-8-19(9-7-17)16(21)11-23-13-4-2-12(18)3-5-13/h2-5,14-15,20H,6-11H2,1H3. The Bertz CT molecular complexity index is 557. The Hall–Kier alpha value is -0.750. The van der Waals surface area contributed by atoms with Crippen molar-refractivity contribution in [2.24, 2.45) is 5.41 Å². The van der Waals surface area contributed by atoms with Gasteiger partial charge < -0.3 is 14.7 Å². The molecular weight excluding hydrogens is 334 g/mol. The maximum Gasteiger partial charge on any atom is 0.232 e. The highest BCUT2D eigenvalue weighted by Gasteiger charge is 2.56. The van der Waals surface area contributed by atoms with Crippen LogP contribution >= 0.6 is 23.4 Å². The van der Waals surface area contributed by atoms with Crippen LogP contribution in [-0.2, 0) is 9.53 Å². The topological polar surface area (TPSA) is 49.8 Å². The van der Waals surface area contributed by atoms with Crippen molar-refractivity contribution in [3.05, 3.63) is 29.3 Å². The van der Waals surface area contributed by atoms with E-state index in [1.165, 1.54) is 11.8 Å². The summed E-state index contributed by atoms with van der Waals surface area (Å²) in [7, 11) is 1.71. The number of hydrogen-bond donors (Lipinski definition) is 1. The lowest BCUT2D eigenvalue weighted by molar-refractivity contribution is -0.202. The van der Waals surface area contributed by atoms with Crippen molar-refractivity contribution in [2.75, 3.05) is 26.0 Å². The molecule has 1 aromatic carbocycles. The summed E-state index contributed by atoms with van der Waals surface area (Å²) in [5.74, 6) is 0.591. The lowest BCUT2D eigenvalue weighted by Crippen LogP contribution is -2.62. The van der Waals surface area contributed by atoms with Crippen LogP contribution in [0.2, 0.25) is 5.02 Å². The average Bonchev–Trinajstić information content (AvgIpc) is 2.58. The Labute approximate surface area is 146 Å². The smallest absolute Gasteiger partial charge is 0.232 e. The number of carbonyl (C=O) groups excluding carboxylic acids is 1. The fraction of sp³-hybridized carbons (Fsp3) is 0.588. The van der Waals surface area contributed by atoms with Gasteiger partial charge in [-0.05, 0) is 37.1 Å². The van der Waals surface area contributed by atoms with Crippen LogP contribution in [0.15, 0.2) is 29.2 Å². The van der Waals surface area contributed by atoms with Crippen molar-refractivity contribution < 1.29 is 14.6 Å². The minimum Gasteiger partial charge on any atom is -0.392 e. The van der Waals surface area contributed by atoms with Crippen LogP contribution in [0.1, 0.15) is 19.3 Å². The molecule has 1 spiro atoms. The van der Waals surface area contributed by atoms with Crippen LogP contribution in [-0.4, -0.2) is 54.1 Å². The van der Waals surface area contributed by atoms with Crippen LogP contribution in [0.3, 0.4) is 0 Å². The molecule has 1 heterocycles. The molecule has 1 aliphatic heterocycles. The molecule has 23 heavy (non-hydrogen) atoms. The normalized spacial score (nSPS) is 26.1. The molecule has 1 aliphatic carbocycles. The molecule has 0 bridgehead atoms. The SMILES string of the molecule is COC1CC(O)C12CCN(C(=O)CSc1ccc(Cl)cc1)CC2. The van der Waals surface area contributed by atoms with E-state index in [4.69, 9.17) is 16.3 Å². The first-order valence-electron chi connectivity index (χ1n) is 7.92. The number of benzene rings is 1. The minimum absolute atomic E-state index is 0.130. The van der Waals surface area contributed by atoms with E-state index in [1.807, 2.05) is 29.2 Å². The summed E-state index contributed by atoms with van der Waals surface area (Å²) in [6.45, 7) is 1.41. The zero-order valence-corrected chi connectivity index (χ0v) is 14.8. The number of thioether (sulfide) groups is 1. The number of nitrogens with zero attached hydrogens (tertiary/aromatic N) is 1. The lowest BCUT2D eigenvalue weighted by atomic mass is 9.58. The maximum atomic E-state index is 12.4. The summed E-state index contributed by atoms with van der Waals surface area (Å²) in [5, 5.41) is 10.8. The highest BCUT2D eigenvalue weighted by atomic mass is 35.5. The molecule has 1 aromatic rings. The summed E-state index contributed by atoms with van der Waals surface area (Å²) in [4.78, 5) is 15.3. The van der Waals surface area contributed by atoms with Crippen molar-refractivity contribution in [2.45, 2.75) is 36.4 Å². The first kappa shape index (κ1) is 17.1. The zero-order valence-electron chi connectivity index (χ0n) is 13.2. The number of hydrogen-bond acceptors (Lipinski definition) is 4. The van der Waals surface area contributed by atoms with Gasteiger partial charge in [0.2, 0.25) is 5.91 Å². The number of aliphatic hydroxyl groups is 1. The predicted octanol–water partition coefficient (Wildman–Crippen LogP) is 2.82. The van der Waals surface area contributed by atoms with Crippen molar-refractivity contribution in [1.29, 1.82) is 0 Å². The molecule has 2 unspecified atom stereocenters. The van der Waals surface area contributed by atoms with Gasteiger partial charge in [-0.25, -0.2) is 0 Å². The molecule has 0 aromatic heterocycles. The molecule has 3 rings (SSSR count). The Kier molecular flexibility index (Phi) is 5.21. The second kappa shape index (κ2) is 7.01. The van der Waals surface area contributed by atoms with Gasteiger partial charge in [-0.15, -0.1) is 11.8 Å². The van der Waals surface area contributed by atoms with E-state index in [1.54, 1.807) is 7.11 Å². The van der Waals surface area contributed by atoms with Gasteiger partial charge in [0.25, 0.3) is 0 Å². The highest BCUT2D eigenvalue weighted by molar-refractivity contribution is 8.00. The Balaban J connectivity index is 1.49. The van der Waals surface area contributed by atoms with E-state index in [0.29, 0.717) is 23.9 Å². The monoisotopic (exact) mass is 355 g/mol. The summed E-state index contributed by atoms with van der Waals surface area (Å²) in [6, 6.07) is 7.53. The second-order valence-electron chi connectivity index (χ2n) is 6.33. The number of likely N-dealkylation sites (tertiary alicyclic amines) is 1. The van der Waals surface area contributed by atoms with Gasteiger partial charge in [-0.1, -0.05) is 11.6 Å². The molecule has 2 atom stereocenters. The number of amides is 1. The van der Waals surface area contributed by atoms with Crippen molar-refractivity contribution >= 4 is 29.3 Å². The molecule has 2 aliphatic rings. The Morgan fingerprint density at radius 1 is 1.39 bits per heavy atom. The molecule has 126 valence electrons. The van der Waals surface area contributed by atoms with Crippen LogP contribution in [0.5, 0.6) is 0 Å². The van der Waals surface area contributed by atoms with Crippen LogP contribution in [0.25, 0.3) is 0 Å². The van der Waals surface area contributed by atoms with Gasteiger partial charge in [0.15, 0.2) is 0 Å². The highest BCUT2D eigenvalue weighted by Crippen LogP contribution is 2.50. The first-order chi connectivity index (χ1) is 11.0. The van der Waals surface area contributed by atoms with Gasteiger partial charge >= 0.3 is 0 Å². The van der Waals surface area contributed by atoms with E-state index in [2.05, 4.69) is 0 Å². The molecule has 4 nitrogen and oxygen atoms in total. The van der Waals surface area contributed by atoms with Crippen LogP contribution in [0.4, 0.5) is 0 Å².